The Labute approximate surface area is 77.4 Å². The van der Waals surface area contributed by atoms with Gasteiger partial charge in [0.15, 0.2) is 6.19 Å². The van der Waals surface area contributed by atoms with Crippen molar-refractivity contribution in [2.45, 2.75) is 0 Å². The lowest BCUT2D eigenvalue weighted by molar-refractivity contribution is 0.0968. The van der Waals surface area contributed by atoms with Crippen LogP contribution in [0.3, 0.4) is 0 Å². The summed E-state index contributed by atoms with van der Waals surface area (Å²) in [4.78, 5) is 14.7. The van der Waals surface area contributed by atoms with Gasteiger partial charge in [0.05, 0.1) is 0 Å². The van der Waals surface area contributed by atoms with E-state index in [4.69, 9.17) is 5.26 Å². The highest BCUT2D eigenvalue weighted by atomic mass is 79.9. The van der Waals surface area contributed by atoms with E-state index in [1.165, 1.54) is 18.5 Å². The van der Waals surface area contributed by atoms with Crippen LogP contribution in [0, 0.1) is 11.5 Å². The van der Waals surface area contributed by atoms with Crippen LogP contribution in [0.1, 0.15) is 10.5 Å². The Bertz CT molecular complexity index is 327. The SMILES string of the molecule is N#CNC(=O)c1ccc(Br)cn1. The molecule has 0 aromatic carbocycles. The molecule has 1 rings (SSSR count). The molecule has 1 aromatic heterocycles. The summed E-state index contributed by atoms with van der Waals surface area (Å²) in [5.41, 5.74) is 0.222. The highest BCUT2D eigenvalue weighted by Crippen LogP contribution is 2.06. The summed E-state index contributed by atoms with van der Waals surface area (Å²) in [5, 5.41) is 10.1. The predicted octanol–water partition coefficient (Wildman–Crippen LogP) is 1.05. The van der Waals surface area contributed by atoms with E-state index < -0.39 is 5.91 Å². The van der Waals surface area contributed by atoms with Crippen LogP contribution in [-0.2, 0) is 0 Å². The molecule has 4 nitrogen and oxygen atoms in total. The first-order chi connectivity index (χ1) is 5.74. The normalized spacial score (nSPS) is 8.67. The summed E-state index contributed by atoms with van der Waals surface area (Å²) in [6.45, 7) is 0. The second-order valence-electron chi connectivity index (χ2n) is 1.93. The van der Waals surface area contributed by atoms with E-state index in [2.05, 4.69) is 20.9 Å². The summed E-state index contributed by atoms with van der Waals surface area (Å²) in [6.07, 6.45) is 3.02. The topological polar surface area (TPSA) is 65.8 Å². The van der Waals surface area contributed by atoms with Gasteiger partial charge in [-0.1, -0.05) is 0 Å². The molecule has 0 aliphatic carbocycles. The second kappa shape index (κ2) is 3.83. The number of nitrogens with zero attached hydrogens (tertiary/aromatic N) is 2. The van der Waals surface area contributed by atoms with Crippen molar-refractivity contribution in [1.29, 1.82) is 5.26 Å². The lowest BCUT2D eigenvalue weighted by Crippen LogP contribution is -2.18. The number of rotatable bonds is 1. The van der Waals surface area contributed by atoms with Crippen molar-refractivity contribution in [3.8, 4) is 6.19 Å². The Balaban J connectivity index is 2.84. The minimum Gasteiger partial charge on any atom is -0.266 e. The molecule has 0 aliphatic rings. The number of nitriles is 1. The van der Waals surface area contributed by atoms with Gasteiger partial charge in [-0.25, -0.2) is 4.98 Å². The van der Waals surface area contributed by atoms with Crippen molar-refractivity contribution in [2.24, 2.45) is 0 Å². The van der Waals surface area contributed by atoms with Crippen molar-refractivity contribution in [1.82, 2.24) is 10.3 Å². The third-order valence-electron chi connectivity index (χ3n) is 1.13. The molecule has 0 unspecified atom stereocenters. The van der Waals surface area contributed by atoms with Crippen molar-refractivity contribution < 1.29 is 4.79 Å². The number of amides is 1. The lowest BCUT2D eigenvalue weighted by atomic mass is 10.3. The molecular weight excluding hydrogens is 222 g/mol. The van der Waals surface area contributed by atoms with Gasteiger partial charge in [-0.3, -0.25) is 10.1 Å². The molecule has 5 heteroatoms. The van der Waals surface area contributed by atoms with Crippen LogP contribution in [0.2, 0.25) is 0 Å². The molecule has 1 heterocycles. The fourth-order valence-corrected chi connectivity index (χ4v) is 0.859. The van der Waals surface area contributed by atoms with Gasteiger partial charge >= 0.3 is 0 Å². The average molecular weight is 226 g/mol. The van der Waals surface area contributed by atoms with Gasteiger partial charge in [-0.05, 0) is 28.1 Å². The van der Waals surface area contributed by atoms with E-state index in [0.717, 1.165) is 4.47 Å². The smallest absolute Gasteiger partial charge is 0.266 e. The molecule has 60 valence electrons. The summed E-state index contributed by atoms with van der Waals surface area (Å²) >= 11 is 3.17. The first-order valence-corrected chi connectivity index (χ1v) is 3.84. The molecule has 0 bridgehead atoms. The van der Waals surface area contributed by atoms with Crippen molar-refractivity contribution in [3.63, 3.8) is 0 Å². The lowest BCUT2D eigenvalue weighted by Gasteiger charge is -1.95. The molecule has 1 N–H and O–H groups in total. The molecule has 1 amide bonds. The van der Waals surface area contributed by atoms with E-state index in [0.29, 0.717) is 0 Å². The fraction of sp³-hybridized carbons (Fsp3) is 0. The van der Waals surface area contributed by atoms with Crippen LogP contribution in [-0.4, -0.2) is 10.9 Å². The van der Waals surface area contributed by atoms with Crippen LogP contribution < -0.4 is 5.32 Å². The van der Waals surface area contributed by atoms with Crippen LogP contribution in [0.5, 0.6) is 0 Å². The highest BCUT2D eigenvalue weighted by Gasteiger charge is 2.04. The summed E-state index contributed by atoms with van der Waals surface area (Å²) < 4.78 is 0.788. The maximum absolute atomic E-state index is 10.9. The van der Waals surface area contributed by atoms with Gasteiger partial charge < -0.3 is 0 Å². The number of aromatic nitrogens is 1. The molecule has 0 radical (unpaired) electrons. The molecule has 0 saturated carbocycles. The zero-order valence-corrected chi connectivity index (χ0v) is 7.50. The first-order valence-electron chi connectivity index (χ1n) is 3.05. The zero-order chi connectivity index (χ0) is 8.97. The number of nitrogens with one attached hydrogen (secondary N) is 1. The summed E-state index contributed by atoms with van der Waals surface area (Å²) in [6, 6.07) is 3.20. The molecule has 12 heavy (non-hydrogen) atoms. The minimum atomic E-state index is -0.495. The highest BCUT2D eigenvalue weighted by molar-refractivity contribution is 9.10. The quantitative estimate of drug-likeness (QED) is 0.575. The Hall–Kier alpha value is -1.41. The van der Waals surface area contributed by atoms with Gasteiger partial charge in [0, 0.05) is 10.7 Å². The van der Waals surface area contributed by atoms with Gasteiger partial charge in [0.2, 0.25) is 0 Å². The molecule has 0 fully saturated rings. The van der Waals surface area contributed by atoms with Crippen LogP contribution >= 0.6 is 15.9 Å². The molecular formula is C7H4BrN3O. The number of halogens is 1. The third kappa shape index (κ3) is 2.04. The van der Waals surface area contributed by atoms with Gasteiger partial charge in [-0.2, -0.15) is 5.26 Å². The van der Waals surface area contributed by atoms with E-state index in [1.807, 2.05) is 5.32 Å². The van der Waals surface area contributed by atoms with E-state index in [1.54, 1.807) is 6.07 Å². The maximum Gasteiger partial charge on any atom is 0.282 e. The molecule has 0 atom stereocenters. The van der Waals surface area contributed by atoms with Gasteiger partial charge in [0.25, 0.3) is 5.91 Å². The number of carbonyl (C=O) groups is 1. The van der Waals surface area contributed by atoms with E-state index in [9.17, 15) is 4.79 Å². The second-order valence-corrected chi connectivity index (χ2v) is 2.84. The van der Waals surface area contributed by atoms with Gasteiger partial charge in [0.1, 0.15) is 5.69 Å². The van der Waals surface area contributed by atoms with Crippen molar-refractivity contribution in [2.75, 3.05) is 0 Å². The molecule has 0 saturated heterocycles. The average Bonchev–Trinajstić information content (AvgIpc) is 2.06. The number of carbonyl (C=O) groups excluding carboxylic acids is 1. The fourth-order valence-electron chi connectivity index (χ4n) is 0.625. The third-order valence-corrected chi connectivity index (χ3v) is 1.60. The monoisotopic (exact) mass is 225 g/mol. The van der Waals surface area contributed by atoms with E-state index >= 15 is 0 Å². The molecule has 0 aliphatic heterocycles. The summed E-state index contributed by atoms with van der Waals surface area (Å²) in [5.74, 6) is -0.495. The number of pyridine rings is 1. The van der Waals surface area contributed by atoms with Gasteiger partial charge in [-0.15, -0.1) is 0 Å². The van der Waals surface area contributed by atoms with Crippen molar-refractivity contribution >= 4 is 21.8 Å². The van der Waals surface area contributed by atoms with Crippen LogP contribution in [0.15, 0.2) is 22.8 Å². The van der Waals surface area contributed by atoms with Crippen LogP contribution in [0.25, 0.3) is 0 Å². The first kappa shape index (κ1) is 8.68. The van der Waals surface area contributed by atoms with Crippen LogP contribution in [0.4, 0.5) is 0 Å². The van der Waals surface area contributed by atoms with Crippen molar-refractivity contribution in [3.05, 3.63) is 28.5 Å². The molecule has 0 spiro atoms. The maximum atomic E-state index is 10.9. The van der Waals surface area contributed by atoms with E-state index in [-0.39, 0.29) is 5.69 Å². The largest absolute Gasteiger partial charge is 0.282 e. The molecule has 1 aromatic rings. The Morgan fingerprint density at radius 1 is 1.67 bits per heavy atom. The predicted molar refractivity (Wildman–Crippen MR) is 45.0 cm³/mol. The standard InChI is InChI=1S/C7H4BrN3O/c8-5-1-2-6(10-3-5)7(12)11-4-9/h1-3H,(H,11,12). The zero-order valence-electron chi connectivity index (χ0n) is 5.91. The Morgan fingerprint density at radius 3 is 2.92 bits per heavy atom. The number of hydrogen-bond acceptors (Lipinski definition) is 3. The minimum absolute atomic E-state index is 0.222. The Morgan fingerprint density at radius 2 is 2.42 bits per heavy atom. The summed E-state index contributed by atoms with van der Waals surface area (Å²) in [7, 11) is 0. The number of hydrogen-bond donors (Lipinski definition) is 1. The Kier molecular flexibility index (Phi) is 2.77.